The maximum Gasteiger partial charge on any atom is 0.398 e. The maximum atomic E-state index is 12.8. The highest BCUT2D eigenvalue weighted by atomic mass is 32.2. The molecule has 0 radical (unpaired) electrons. The van der Waals surface area contributed by atoms with Crippen molar-refractivity contribution in [2.24, 2.45) is 0 Å². The second-order valence-corrected chi connectivity index (χ2v) is 6.40. The molecule has 26 heavy (non-hydrogen) atoms. The van der Waals surface area contributed by atoms with E-state index in [-0.39, 0.29) is 24.3 Å². The highest BCUT2D eigenvalue weighted by Gasteiger charge is 2.27. The fourth-order valence-corrected chi connectivity index (χ4v) is 2.84. The van der Waals surface area contributed by atoms with Gasteiger partial charge in [-0.1, -0.05) is 12.1 Å². The van der Waals surface area contributed by atoms with Gasteiger partial charge in [-0.05, 0) is 36.4 Å². The molecule has 2 aromatic rings. The Hall–Kier alpha value is -2.35. The first kappa shape index (κ1) is 20.0. The largest absolute Gasteiger partial charge is 0.398 e. The number of thioether (sulfide) groups is 1. The van der Waals surface area contributed by atoms with Crippen LogP contribution < -0.4 is 5.32 Å². The zero-order chi connectivity index (χ0) is 19.2. The molecule has 3 nitrogen and oxygen atoms in total. The summed E-state index contributed by atoms with van der Waals surface area (Å²) in [6.45, 7) is 0. The van der Waals surface area contributed by atoms with Crippen LogP contribution in [0.25, 0.3) is 0 Å². The smallest absolute Gasteiger partial charge is 0.325 e. The number of rotatable bonds is 7. The topological polar surface area (TPSA) is 46.2 Å². The van der Waals surface area contributed by atoms with Crippen molar-refractivity contribution in [1.29, 1.82) is 0 Å². The summed E-state index contributed by atoms with van der Waals surface area (Å²) in [7, 11) is 0. The van der Waals surface area contributed by atoms with E-state index in [9.17, 15) is 27.2 Å². The van der Waals surface area contributed by atoms with Crippen LogP contribution in [0.3, 0.4) is 0 Å². The molecular formula is C18H15F4NO2S. The van der Waals surface area contributed by atoms with Crippen LogP contribution in [0.5, 0.6) is 0 Å². The summed E-state index contributed by atoms with van der Waals surface area (Å²) in [5.41, 5.74) is 0.557. The van der Waals surface area contributed by atoms with E-state index in [2.05, 4.69) is 5.32 Å². The molecule has 0 aliphatic heterocycles. The number of amides is 1. The number of para-hydroxylation sites is 1. The molecule has 0 spiro atoms. The van der Waals surface area contributed by atoms with E-state index >= 15 is 0 Å². The minimum atomic E-state index is -4.32. The third-order valence-corrected chi connectivity index (χ3v) is 4.44. The van der Waals surface area contributed by atoms with Crippen LogP contribution in [0.1, 0.15) is 23.2 Å². The number of halogens is 4. The predicted octanol–water partition coefficient (Wildman–Crippen LogP) is 5.08. The first-order chi connectivity index (χ1) is 12.2. The zero-order valence-corrected chi connectivity index (χ0v) is 14.3. The monoisotopic (exact) mass is 385 g/mol. The molecule has 2 aromatic carbocycles. The van der Waals surface area contributed by atoms with Crippen LogP contribution in [0.15, 0.2) is 53.4 Å². The van der Waals surface area contributed by atoms with Crippen LogP contribution >= 0.6 is 11.8 Å². The molecule has 0 bridgehead atoms. The number of alkyl halides is 3. The number of hydrogen-bond acceptors (Lipinski definition) is 3. The Balaban J connectivity index is 1.91. The minimum absolute atomic E-state index is 0.0880. The number of anilines is 1. The number of benzene rings is 2. The molecule has 1 N–H and O–H groups in total. The SMILES string of the molecule is O=C(CCC(=O)c1ccc(F)cc1)Nc1ccccc1SCC(F)(F)F. The quantitative estimate of drug-likeness (QED) is 0.411. The van der Waals surface area contributed by atoms with Gasteiger partial charge in [-0.3, -0.25) is 9.59 Å². The van der Waals surface area contributed by atoms with Crippen LogP contribution in [-0.2, 0) is 4.79 Å². The lowest BCUT2D eigenvalue weighted by molar-refractivity contribution is -0.116. The normalized spacial score (nSPS) is 11.2. The third kappa shape index (κ3) is 6.51. The van der Waals surface area contributed by atoms with Gasteiger partial charge in [0.25, 0.3) is 0 Å². The van der Waals surface area contributed by atoms with Crippen molar-refractivity contribution in [3.05, 3.63) is 59.9 Å². The van der Waals surface area contributed by atoms with Crippen molar-refractivity contribution < 1.29 is 27.2 Å². The number of carbonyl (C=O) groups is 2. The molecule has 0 heterocycles. The van der Waals surface area contributed by atoms with E-state index in [1.54, 1.807) is 12.1 Å². The van der Waals surface area contributed by atoms with E-state index in [1.165, 1.54) is 24.3 Å². The number of nitrogens with one attached hydrogen (secondary N) is 1. The molecule has 0 unspecified atom stereocenters. The highest BCUT2D eigenvalue weighted by Crippen LogP contribution is 2.32. The molecule has 0 fully saturated rings. The van der Waals surface area contributed by atoms with Crippen molar-refractivity contribution in [2.75, 3.05) is 11.1 Å². The molecule has 0 aromatic heterocycles. The lowest BCUT2D eigenvalue weighted by Crippen LogP contribution is -2.15. The molecule has 8 heteroatoms. The van der Waals surface area contributed by atoms with Crippen LogP contribution in [-0.4, -0.2) is 23.6 Å². The first-order valence-corrected chi connectivity index (χ1v) is 8.60. The second kappa shape index (κ2) is 8.84. The molecule has 1 amide bonds. The van der Waals surface area contributed by atoms with Gasteiger partial charge in [0.1, 0.15) is 5.82 Å². The molecule has 0 saturated carbocycles. The zero-order valence-electron chi connectivity index (χ0n) is 13.5. The van der Waals surface area contributed by atoms with Gasteiger partial charge < -0.3 is 5.32 Å². The molecule has 0 saturated heterocycles. The van der Waals surface area contributed by atoms with Gasteiger partial charge in [-0.15, -0.1) is 11.8 Å². The minimum Gasteiger partial charge on any atom is -0.325 e. The Morgan fingerprint density at radius 3 is 2.27 bits per heavy atom. The Labute approximate surface area is 151 Å². The predicted molar refractivity (Wildman–Crippen MR) is 91.8 cm³/mol. The molecule has 138 valence electrons. The second-order valence-electron chi connectivity index (χ2n) is 5.38. The molecule has 0 atom stereocenters. The van der Waals surface area contributed by atoms with Crippen molar-refractivity contribution in [1.82, 2.24) is 0 Å². The summed E-state index contributed by atoms with van der Waals surface area (Å²) in [6, 6.07) is 11.1. The van der Waals surface area contributed by atoms with Crippen molar-refractivity contribution in [3.8, 4) is 0 Å². The summed E-state index contributed by atoms with van der Waals surface area (Å²) in [5.74, 6) is -2.34. The number of hydrogen-bond donors (Lipinski definition) is 1. The number of Topliss-reactive ketones (excluding diaryl/α,β-unsaturated/α-hetero) is 1. The van der Waals surface area contributed by atoms with Crippen LogP contribution in [0.4, 0.5) is 23.2 Å². The Kier molecular flexibility index (Phi) is 6.79. The van der Waals surface area contributed by atoms with Gasteiger partial charge in [0.15, 0.2) is 5.78 Å². The van der Waals surface area contributed by atoms with Gasteiger partial charge >= 0.3 is 6.18 Å². The summed E-state index contributed by atoms with van der Waals surface area (Å²) < 4.78 is 49.9. The summed E-state index contributed by atoms with van der Waals surface area (Å²) in [5, 5.41) is 2.52. The number of carbonyl (C=O) groups excluding carboxylic acids is 2. The number of ketones is 1. The van der Waals surface area contributed by atoms with Crippen molar-refractivity contribution in [3.63, 3.8) is 0 Å². The van der Waals surface area contributed by atoms with Gasteiger partial charge in [0.05, 0.1) is 11.4 Å². The van der Waals surface area contributed by atoms with E-state index in [4.69, 9.17) is 0 Å². The van der Waals surface area contributed by atoms with E-state index in [0.717, 1.165) is 12.1 Å². The van der Waals surface area contributed by atoms with Gasteiger partial charge in [-0.2, -0.15) is 13.2 Å². The summed E-state index contributed by atoms with van der Waals surface area (Å²) in [4.78, 5) is 24.3. The lowest BCUT2D eigenvalue weighted by Gasteiger charge is -2.11. The van der Waals surface area contributed by atoms with Crippen molar-refractivity contribution in [2.45, 2.75) is 23.9 Å². The fourth-order valence-electron chi connectivity index (χ4n) is 2.08. The highest BCUT2D eigenvalue weighted by molar-refractivity contribution is 7.99. The molecule has 0 aliphatic rings. The van der Waals surface area contributed by atoms with Gasteiger partial charge in [-0.25, -0.2) is 4.39 Å². The maximum absolute atomic E-state index is 12.8. The summed E-state index contributed by atoms with van der Waals surface area (Å²) in [6.07, 6.45) is -4.53. The summed E-state index contributed by atoms with van der Waals surface area (Å²) >= 11 is 0.576. The lowest BCUT2D eigenvalue weighted by atomic mass is 10.1. The Bertz CT molecular complexity index is 776. The average molecular weight is 385 g/mol. The van der Waals surface area contributed by atoms with Crippen LogP contribution in [0.2, 0.25) is 0 Å². The molecule has 2 rings (SSSR count). The molecule has 0 aliphatic carbocycles. The molecular weight excluding hydrogens is 370 g/mol. The van der Waals surface area contributed by atoms with Gasteiger partial charge in [0.2, 0.25) is 5.91 Å². The third-order valence-electron chi connectivity index (χ3n) is 3.30. The average Bonchev–Trinajstić information content (AvgIpc) is 2.59. The Morgan fingerprint density at radius 1 is 0.962 bits per heavy atom. The fraction of sp³-hybridized carbons (Fsp3) is 0.222. The van der Waals surface area contributed by atoms with Crippen LogP contribution in [0, 0.1) is 5.82 Å². The van der Waals surface area contributed by atoms with E-state index in [1.807, 2.05) is 0 Å². The van der Waals surface area contributed by atoms with Gasteiger partial charge in [0, 0.05) is 23.3 Å². The first-order valence-electron chi connectivity index (χ1n) is 7.62. The standard InChI is InChI=1S/C18H15F4NO2S/c19-13-7-5-12(6-8-13)15(24)9-10-17(25)23-14-3-1-2-4-16(14)26-11-18(20,21)22/h1-8H,9-11H2,(H,23,25). The Morgan fingerprint density at radius 2 is 1.62 bits per heavy atom. The van der Waals surface area contributed by atoms with E-state index in [0.29, 0.717) is 22.2 Å². The van der Waals surface area contributed by atoms with E-state index < -0.39 is 23.7 Å². The van der Waals surface area contributed by atoms with Crippen molar-refractivity contribution >= 4 is 29.1 Å².